The summed E-state index contributed by atoms with van der Waals surface area (Å²) in [5.41, 5.74) is 5.04. The SMILES string of the molecule is CCCC(=O)N(CCC(N)=O)c1ncc([N+](=O)[O-])s1. The molecule has 0 bridgehead atoms. The lowest BCUT2D eigenvalue weighted by Crippen LogP contribution is -2.33. The van der Waals surface area contributed by atoms with E-state index in [0.717, 1.165) is 17.5 Å². The van der Waals surface area contributed by atoms with Gasteiger partial charge in [0.1, 0.15) is 6.20 Å². The summed E-state index contributed by atoms with van der Waals surface area (Å²) in [4.78, 5) is 37.8. The van der Waals surface area contributed by atoms with Gasteiger partial charge in [0.05, 0.1) is 4.92 Å². The average molecular weight is 286 g/mol. The van der Waals surface area contributed by atoms with Crippen LogP contribution in [0.15, 0.2) is 6.20 Å². The van der Waals surface area contributed by atoms with E-state index in [4.69, 9.17) is 5.73 Å². The summed E-state index contributed by atoms with van der Waals surface area (Å²) in [7, 11) is 0. The molecule has 0 aliphatic rings. The van der Waals surface area contributed by atoms with Crippen LogP contribution in [0.1, 0.15) is 26.2 Å². The number of hydrogen-bond donors (Lipinski definition) is 1. The molecule has 104 valence electrons. The third-order valence-corrected chi connectivity index (χ3v) is 3.21. The van der Waals surface area contributed by atoms with Crippen molar-refractivity contribution < 1.29 is 14.5 Å². The van der Waals surface area contributed by atoms with Gasteiger partial charge in [-0.25, -0.2) is 4.98 Å². The van der Waals surface area contributed by atoms with Gasteiger partial charge in [0.15, 0.2) is 5.13 Å². The van der Waals surface area contributed by atoms with Crippen LogP contribution in [-0.4, -0.2) is 28.3 Å². The van der Waals surface area contributed by atoms with Gasteiger partial charge in [-0.15, -0.1) is 0 Å². The van der Waals surface area contributed by atoms with Crippen LogP contribution in [0, 0.1) is 10.1 Å². The van der Waals surface area contributed by atoms with Gasteiger partial charge < -0.3 is 5.73 Å². The zero-order valence-corrected chi connectivity index (χ0v) is 11.2. The Labute approximate surface area is 113 Å². The fraction of sp³-hybridized carbons (Fsp3) is 0.500. The maximum atomic E-state index is 11.9. The molecule has 1 aromatic rings. The zero-order valence-electron chi connectivity index (χ0n) is 10.4. The zero-order chi connectivity index (χ0) is 14.4. The fourth-order valence-corrected chi connectivity index (χ4v) is 2.14. The van der Waals surface area contributed by atoms with Crippen LogP contribution in [0.5, 0.6) is 0 Å². The summed E-state index contributed by atoms with van der Waals surface area (Å²) in [5.74, 6) is -0.770. The van der Waals surface area contributed by atoms with E-state index < -0.39 is 10.8 Å². The van der Waals surface area contributed by atoms with E-state index in [2.05, 4.69) is 4.98 Å². The number of nitrogens with two attached hydrogens (primary N) is 1. The van der Waals surface area contributed by atoms with Gasteiger partial charge in [-0.2, -0.15) is 0 Å². The molecule has 19 heavy (non-hydrogen) atoms. The fourth-order valence-electron chi connectivity index (χ4n) is 1.36. The molecule has 1 aromatic heterocycles. The Morgan fingerprint density at radius 1 is 1.53 bits per heavy atom. The average Bonchev–Trinajstić information content (AvgIpc) is 2.78. The first-order valence-corrected chi connectivity index (χ1v) is 6.46. The molecule has 8 nitrogen and oxygen atoms in total. The van der Waals surface area contributed by atoms with Gasteiger partial charge in [-0.1, -0.05) is 6.92 Å². The van der Waals surface area contributed by atoms with Crippen molar-refractivity contribution in [2.75, 3.05) is 11.4 Å². The van der Waals surface area contributed by atoms with Crippen molar-refractivity contribution in [2.24, 2.45) is 5.73 Å². The van der Waals surface area contributed by atoms with E-state index in [1.165, 1.54) is 4.90 Å². The molecule has 0 aliphatic heterocycles. The van der Waals surface area contributed by atoms with Crippen LogP contribution in [-0.2, 0) is 9.59 Å². The monoisotopic (exact) mass is 286 g/mol. The van der Waals surface area contributed by atoms with E-state index in [-0.39, 0.29) is 35.4 Å². The summed E-state index contributed by atoms with van der Waals surface area (Å²) < 4.78 is 0. The molecule has 0 unspecified atom stereocenters. The van der Waals surface area contributed by atoms with Crippen LogP contribution < -0.4 is 10.6 Å². The highest BCUT2D eigenvalue weighted by Gasteiger charge is 2.21. The summed E-state index contributed by atoms with van der Waals surface area (Å²) in [5, 5.41) is 10.7. The number of carbonyl (C=O) groups is 2. The highest BCUT2D eigenvalue weighted by Crippen LogP contribution is 2.28. The molecule has 0 aromatic carbocycles. The minimum absolute atomic E-state index is 0.0111. The van der Waals surface area contributed by atoms with Gasteiger partial charge in [-0.05, 0) is 17.8 Å². The molecule has 0 aliphatic carbocycles. The second-order valence-corrected chi connectivity index (χ2v) is 4.74. The van der Waals surface area contributed by atoms with Crippen LogP contribution in [0.25, 0.3) is 0 Å². The van der Waals surface area contributed by atoms with Crippen LogP contribution >= 0.6 is 11.3 Å². The number of hydrogen-bond acceptors (Lipinski definition) is 6. The van der Waals surface area contributed by atoms with Crippen molar-refractivity contribution in [1.82, 2.24) is 4.98 Å². The summed E-state index contributed by atoms with van der Waals surface area (Å²) in [6.07, 6.45) is 2.00. The smallest absolute Gasteiger partial charge is 0.345 e. The molecule has 0 saturated heterocycles. The first-order chi connectivity index (χ1) is 8.95. The third-order valence-electron chi connectivity index (χ3n) is 2.24. The number of nitro groups is 1. The van der Waals surface area contributed by atoms with Crippen LogP contribution in [0.3, 0.4) is 0 Å². The minimum Gasteiger partial charge on any atom is -0.370 e. The lowest BCUT2D eigenvalue weighted by molar-refractivity contribution is -0.380. The van der Waals surface area contributed by atoms with E-state index in [1.54, 1.807) is 0 Å². The Morgan fingerprint density at radius 3 is 2.68 bits per heavy atom. The van der Waals surface area contributed by atoms with Crippen LogP contribution in [0.2, 0.25) is 0 Å². The Morgan fingerprint density at radius 2 is 2.21 bits per heavy atom. The quantitative estimate of drug-likeness (QED) is 0.593. The van der Waals surface area contributed by atoms with Gasteiger partial charge in [0.25, 0.3) is 0 Å². The Hall–Kier alpha value is -2.03. The first-order valence-electron chi connectivity index (χ1n) is 5.64. The predicted octanol–water partition coefficient (Wildman–Crippen LogP) is 1.06. The lowest BCUT2D eigenvalue weighted by atomic mass is 10.3. The van der Waals surface area contributed by atoms with Gasteiger partial charge in [-0.3, -0.25) is 24.6 Å². The number of carbonyl (C=O) groups excluding carboxylic acids is 2. The number of aromatic nitrogens is 1. The molecule has 0 saturated carbocycles. The first kappa shape index (κ1) is 15.0. The molecular formula is C10H14N4O4S. The number of primary amides is 1. The molecule has 2 amide bonds. The molecule has 9 heteroatoms. The molecule has 1 heterocycles. The number of nitrogens with zero attached hydrogens (tertiary/aromatic N) is 3. The van der Waals surface area contributed by atoms with Crippen LogP contribution in [0.4, 0.5) is 10.1 Å². The van der Waals surface area contributed by atoms with Crippen molar-refractivity contribution in [2.45, 2.75) is 26.2 Å². The van der Waals surface area contributed by atoms with Crippen molar-refractivity contribution in [1.29, 1.82) is 0 Å². The standard InChI is InChI=1S/C10H14N4O4S/c1-2-3-8(16)13(5-4-7(11)15)10-12-6-9(19-10)14(17)18/h6H,2-5H2,1H3,(H2,11,15). The normalized spacial score (nSPS) is 10.2. The molecule has 0 atom stereocenters. The van der Waals surface area contributed by atoms with Crippen molar-refractivity contribution >= 4 is 33.3 Å². The molecular weight excluding hydrogens is 272 g/mol. The van der Waals surface area contributed by atoms with Gasteiger partial charge in [0.2, 0.25) is 11.8 Å². The highest BCUT2D eigenvalue weighted by atomic mass is 32.1. The lowest BCUT2D eigenvalue weighted by Gasteiger charge is -2.18. The van der Waals surface area contributed by atoms with Gasteiger partial charge >= 0.3 is 5.00 Å². The Kier molecular flexibility index (Phi) is 5.37. The maximum absolute atomic E-state index is 11.9. The topological polar surface area (TPSA) is 119 Å². The largest absolute Gasteiger partial charge is 0.370 e. The predicted molar refractivity (Wildman–Crippen MR) is 69.8 cm³/mol. The minimum atomic E-state index is -0.572. The number of thiazole rings is 1. The highest BCUT2D eigenvalue weighted by molar-refractivity contribution is 7.18. The van der Waals surface area contributed by atoms with Crippen molar-refractivity contribution in [3.05, 3.63) is 16.3 Å². The summed E-state index contributed by atoms with van der Waals surface area (Å²) in [6.45, 7) is 1.92. The molecule has 0 radical (unpaired) electrons. The Balaban J connectivity index is 2.90. The summed E-state index contributed by atoms with van der Waals surface area (Å²) >= 11 is 0.798. The van der Waals surface area contributed by atoms with Crippen molar-refractivity contribution in [3.8, 4) is 0 Å². The summed E-state index contributed by atoms with van der Waals surface area (Å²) in [6, 6.07) is 0. The van der Waals surface area contributed by atoms with E-state index in [0.29, 0.717) is 6.42 Å². The van der Waals surface area contributed by atoms with Gasteiger partial charge in [0, 0.05) is 19.4 Å². The second kappa shape index (κ2) is 6.78. The van der Waals surface area contributed by atoms with E-state index in [1.807, 2.05) is 6.92 Å². The maximum Gasteiger partial charge on any atom is 0.345 e. The number of rotatable bonds is 7. The molecule has 2 N–H and O–H groups in total. The molecule has 1 rings (SSSR count). The molecule has 0 fully saturated rings. The molecule has 0 spiro atoms. The van der Waals surface area contributed by atoms with E-state index in [9.17, 15) is 19.7 Å². The second-order valence-electron chi connectivity index (χ2n) is 3.75. The third kappa shape index (κ3) is 4.28. The number of amides is 2. The van der Waals surface area contributed by atoms with Crippen molar-refractivity contribution in [3.63, 3.8) is 0 Å². The van der Waals surface area contributed by atoms with E-state index >= 15 is 0 Å². The Bertz CT molecular complexity index is 488. The number of anilines is 1.